The average molecular weight is 763 g/mol. The molecular formula is C42H50N8O4S. The zero-order chi connectivity index (χ0) is 37.6. The largest absolute Gasteiger partial charge is 0.355 e. The van der Waals surface area contributed by atoms with Crippen molar-refractivity contribution in [2.45, 2.75) is 106 Å². The lowest BCUT2D eigenvalue weighted by Crippen LogP contribution is -2.58. The summed E-state index contributed by atoms with van der Waals surface area (Å²) in [5.74, 6) is 0.654. The third-order valence-corrected chi connectivity index (χ3v) is 15.8. The van der Waals surface area contributed by atoms with E-state index in [1.165, 1.54) is 19.3 Å². The first-order valence-corrected chi connectivity index (χ1v) is 21.8. The van der Waals surface area contributed by atoms with Crippen molar-refractivity contribution in [1.29, 1.82) is 0 Å². The van der Waals surface area contributed by atoms with Gasteiger partial charge in [-0.2, -0.15) is 0 Å². The molecule has 2 aromatic carbocycles. The Hall–Kier alpha value is -4.33. The molecule has 2 N–H and O–H groups in total. The van der Waals surface area contributed by atoms with Gasteiger partial charge in [0, 0.05) is 60.8 Å². The van der Waals surface area contributed by atoms with E-state index in [1.807, 2.05) is 37.5 Å². The van der Waals surface area contributed by atoms with Gasteiger partial charge < -0.3 is 25.0 Å². The third-order valence-electron chi connectivity index (χ3n) is 13.4. The molecule has 1 spiro atoms. The minimum atomic E-state index is -3.31. The van der Waals surface area contributed by atoms with Gasteiger partial charge in [0.2, 0.25) is 15.9 Å². The number of pyridine rings is 1. The van der Waals surface area contributed by atoms with Gasteiger partial charge in [-0.3, -0.25) is 9.59 Å². The van der Waals surface area contributed by atoms with Crippen LogP contribution < -0.4 is 15.5 Å². The highest BCUT2D eigenvalue weighted by Gasteiger charge is 2.57. The number of anilines is 3. The molecule has 5 heterocycles. The van der Waals surface area contributed by atoms with Gasteiger partial charge in [-0.25, -0.2) is 22.7 Å². The standard InChI is InChI=1S/C42H50N8O4S/c1-26-6-8-28(21-33(26)40(51)43-2)45-39-38-36(44-25-49(38)29-9-10-29)24-35(46-39)27-7-13-34-37(20-27)50(31-22-30(23-31)47-16-4-3-5-17-47)41(52)42(34)14-18-48(19-15-42)55(53,54)32-11-12-32/h6-8,13,20-21,24-25,29-32H,3-5,9-12,14-19,22-23H2,1-2H3,(H,43,51)(H,45,46). The Morgan fingerprint density at radius 3 is 2.36 bits per heavy atom. The van der Waals surface area contributed by atoms with Crippen LogP contribution in [0.2, 0.25) is 0 Å². The van der Waals surface area contributed by atoms with Crippen LogP contribution in [-0.2, 0) is 20.2 Å². The van der Waals surface area contributed by atoms with E-state index < -0.39 is 15.4 Å². The number of carbonyl (C=O) groups excluding carboxylic acids is 2. The van der Waals surface area contributed by atoms with E-state index >= 15 is 0 Å². The number of aromatic nitrogens is 3. The topological polar surface area (TPSA) is 133 Å². The maximum absolute atomic E-state index is 14.9. The van der Waals surface area contributed by atoms with Crippen LogP contribution >= 0.6 is 0 Å². The summed E-state index contributed by atoms with van der Waals surface area (Å²) in [6.07, 6.45) is 12.3. The molecule has 55 heavy (non-hydrogen) atoms. The summed E-state index contributed by atoms with van der Waals surface area (Å²) in [6.45, 7) is 4.95. The van der Waals surface area contributed by atoms with E-state index in [1.54, 1.807) is 11.4 Å². The number of rotatable bonds is 9. The van der Waals surface area contributed by atoms with Crippen molar-refractivity contribution in [2.75, 3.05) is 43.4 Å². The van der Waals surface area contributed by atoms with Crippen molar-refractivity contribution in [3.8, 4) is 11.3 Å². The fraction of sp³-hybridized carbons (Fsp3) is 0.524. The minimum Gasteiger partial charge on any atom is -0.355 e. The van der Waals surface area contributed by atoms with Gasteiger partial charge in [0.1, 0.15) is 5.52 Å². The number of sulfonamides is 1. The van der Waals surface area contributed by atoms with Crippen LogP contribution in [-0.4, -0.2) is 94.5 Å². The normalized spacial score (nSPS) is 24.3. The van der Waals surface area contributed by atoms with Crippen LogP contribution in [0.25, 0.3) is 22.3 Å². The van der Waals surface area contributed by atoms with Crippen molar-refractivity contribution in [1.82, 2.24) is 29.1 Å². The molecule has 2 saturated heterocycles. The van der Waals surface area contributed by atoms with E-state index in [-0.39, 0.29) is 23.1 Å². The number of benzene rings is 2. The van der Waals surface area contributed by atoms with Crippen LogP contribution in [0.4, 0.5) is 17.2 Å². The number of fused-ring (bicyclic) bond motifs is 3. The molecule has 4 aromatic rings. The highest BCUT2D eigenvalue weighted by molar-refractivity contribution is 7.90. The fourth-order valence-electron chi connectivity index (χ4n) is 9.79. The predicted molar refractivity (Wildman–Crippen MR) is 213 cm³/mol. The van der Waals surface area contributed by atoms with Crippen LogP contribution in [0.3, 0.4) is 0 Å². The first-order chi connectivity index (χ1) is 26.6. The lowest BCUT2D eigenvalue weighted by atomic mass is 9.73. The SMILES string of the molecule is CNC(=O)c1cc(Nc2nc(-c3ccc4c(c3)N(C3CC(N5CCCCC5)C3)C(=O)C43CCN(S(=O)(=O)C4CC4)CC3)cc3ncn(C4CC4)c23)ccc1C. The highest BCUT2D eigenvalue weighted by Crippen LogP contribution is 2.53. The molecule has 5 fully saturated rings. The number of hydrogen-bond acceptors (Lipinski definition) is 8. The molecular weight excluding hydrogens is 713 g/mol. The number of nitrogens with one attached hydrogen (secondary N) is 2. The van der Waals surface area contributed by atoms with Gasteiger partial charge in [0.05, 0.1) is 28.2 Å². The summed E-state index contributed by atoms with van der Waals surface area (Å²) in [5, 5.41) is 6.05. The second-order valence-corrected chi connectivity index (χ2v) is 19.1. The zero-order valence-corrected chi connectivity index (χ0v) is 32.6. The van der Waals surface area contributed by atoms with E-state index in [2.05, 4.69) is 43.2 Å². The van der Waals surface area contributed by atoms with Crippen molar-refractivity contribution in [3.05, 3.63) is 65.5 Å². The Morgan fingerprint density at radius 2 is 1.65 bits per heavy atom. The Morgan fingerprint density at radius 1 is 0.891 bits per heavy atom. The smallest absolute Gasteiger partial charge is 0.251 e. The monoisotopic (exact) mass is 762 g/mol. The molecule has 12 nitrogen and oxygen atoms in total. The number of nitrogens with zero attached hydrogens (tertiary/aromatic N) is 6. The van der Waals surface area contributed by atoms with Crippen molar-refractivity contribution >= 4 is 50.1 Å². The molecule has 288 valence electrons. The molecule has 3 saturated carbocycles. The Bertz CT molecular complexity index is 2310. The Labute approximate surface area is 322 Å². The van der Waals surface area contributed by atoms with E-state index in [0.717, 1.165) is 96.4 Å². The van der Waals surface area contributed by atoms with E-state index in [9.17, 15) is 18.0 Å². The fourth-order valence-corrected chi connectivity index (χ4v) is 11.6. The minimum absolute atomic E-state index is 0.110. The van der Waals surface area contributed by atoms with E-state index in [4.69, 9.17) is 9.97 Å². The average Bonchev–Trinajstić information content (AvgIpc) is 4.14. The Balaban J connectivity index is 1.03. The maximum atomic E-state index is 14.9. The number of likely N-dealkylation sites (tertiary alicyclic amines) is 1. The molecule has 10 rings (SSSR count). The number of piperidine rings is 2. The summed E-state index contributed by atoms with van der Waals surface area (Å²) in [7, 11) is -1.67. The number of hydrogen-bond donors (Lipinski definition) is 2. The number of carbonyl (C=O) groups is 2. The van der Waals surface area contributed by atoms with Crippen LogP contribution in [0.5, 0.6) is 0 Å². The summed E-state index contributed by atoms with van der Waals surface area (Å²) in [5.41, 5.74) is 6.87. The first-order valence-electron chi connectivity index (χ1n) is 20.3. The molecule has 0 atom stereocenters. The zero-order valence-electron chi connectivity index (χ0n) is 31.8. The quantitative estimate of drug-likeness (QED) is 0.211. The van der Waals surface area contributed by atoms with E-state index in [0.29, 0.717) is 49.4 Å². The lowest BCUT2D eigenvalue weighted by Gasteiger charge is -2.48. The summed E-state index contributed by atoms with van der Waals surface area (Å²) in [6, 6.07) is 15.1. The molecule has 13 heteroatoms. The lowest BCUT2D eigenvalue weighted by molar-refractivity contribution is -0.125. The molecule has 0 unspecified atom stereocenters. The highest BCUT2D eigenvalue weighted by atomic mass is 32.2. The number of amides is 2. The molecule has 0 radical (unpaired) electrons. The first kappa shape index (κ1) is 35.1. The van der Waals surface area contributed by atoms with Crippen LogP contribution in [0.1, 0.15) is 98.2 Å². The summed E-state index contributed by atoms with van der Waals surface area (Å²) in [4.78, 5) is 42.4. The second-order valence-electron chi connectivity index (χ2n) is 16.8. The van der Waals surface area contributed by atoms with Gasteiger partial charge in [-0.05, 0) is 120 Å². The molecule has 6 aliphatic rings. The van der Waals surface area contributed by atoms with Gasteiger partial charge in [0.25, 0.3) is 5.91 Å². The van der Waals surface area contributed by atoms with Crippen molar-refractivity contribution in [2.24, 2.45) is 0 Å². The summed E-state index contributed by atoms with van der Waals surface area (Å²) < 4.78 is 30.3. The number of imidazole rings is 1. The maximum Gasteiger partial charge on any atom is 0.251 e. The Kier molecular flexibility index (Phi) is 8.38. The van der Waals surface area contributed by atoms with Crippen LogP contribution in [0, 0.1) is 6.92 Å². The summed E-state index contributed by atoms with van der Waals surface area (Å²) >= 11 is 0. The van der Waals surface area contributed by atoms with Gasteiger partial charge in [-0.15, -0.1) is 0 Å². The third kappa shape index (κ3) is 5.87. The molecule has 3 aliphatic heterocycles. The van der Waals surface area contributed by atoms with Crippen molar-refractivity contribution < 1.29 is 18.0 Å². The molecule has 3 aliphatic carbocycles. The van der Waals surface area contributed by atoms with Gasteiger partial charge in [0.15, 0.2) is 5.82 Å². The van der Waals surface area contributed by atoms with Crippen LogP contribution in [0.15, 0.2) is 48.8 Å². The van der Waals surface area contributed by atoms with Gasteiger partial charge >= 0.3 is 0 Å². The molecule has 2 amide bonds. The second kappa shape index (κ2) is 13.1. The molecule has 0 bridgehead atoms. The van der Waals surface area contributed by atoms with Crippen molar-refractivity contribution in [3.63, 3.8) is 0 Å². The van der Waals surface area contributed by atoms with Gasteiger partial charge in [-0.1, -0.05) is 24.6 Å². The molecule has 2 aromatic heterocycles. The predicted octanol–water partition coefficient (Wildman–Crippen LogP) is 6.03. The number of aryl methyl sites for hydroxylation is 1.